The number of nitrogens with zero attached hydrogens (tertiary/aromatic N) is 2. The van der Waals surface area contributed by atoms with E-state index in [1.165, 1.54) is 31.4 Å². The van der Waals surface area contributed by atoms with Crippen molar-refractivity contribution in [3.05, 3.63) is 35.4 Å². The van der Waals surface area contributed by atoms with Gasteiger partial charge < -0.3 is 4.74 Å². The van der Waals surface area contributed by atoms with E-state index in [2.05, 4.69) is 21.9 Å². The molecule has 0 aliphatic carbocycles. The van der Waals surface area contributed by atoms with Crippen LogP contribution in [0.25, 0.3) is 0 Å². The number of ketones is 1. The van der Waals surface area contributed by atoms with Crippen molar-refractivity contribution in [3.8, 4) is 0 Å². The summed E-state index contributed by atoms with van der Waals surface area (Å²) in [6.45, 7) is 8.84. The van der Waals surface area contributed by atoms with Crippen LogP contribution in [-0.4, -0.2) is 61.0 Å². The van der Waals surface area contributed by atoms with Crippen LogP contribution in [0, 0.1) is 0 Å². The summed E-state index contributed by atoms with van der Waals surface area (Å²) in [5.74, 6) is 0.139. The third-order valence-corrected chi connectivity index (χ3v) is 5.07. The van der Waals surface area contributed by atoms with Crippen LogP contribution in [0.3, 0.4) is 0 Å². The molecule has 4 nitrogen and oxygen atoms in total. The van der Waals surface area contributed by atoms with Crippen LogP contribution in [-0.2, 0) is 11.3 Å². The van der Waals surface area contributed by atoms with E-state index in [1.807, 2.05) is 12.1 Å². The van der Waals surface area contributed by atoms with Crippen molar-refractivity contribution in [2.45, 2.75) is 38.8 Å². The Morgan fingerprint density at radius 3 is 2.57 bits per heavy atom. The summed E-state index contributed by atoms with van der Waals surface area (Å²) in [6, 6.07) is 8.78. The fraction of sp³-hybridized carbons (Fsp3) is 0.632. The van der Waals surface area contributed by atoms with Gasteiger partial charge in [-0.15, -0.1) is 0 Å². The number of ether oxygens (including phenoxy) is 1. The molecule has 0 amide bonds. The highest BCUT2D eigenvalue weighted by Crippen LogP contribution is 2.21. The Hall–Kier alpha value is -1.23. The highest BCUT2D eigenvalue weighted by molar-refractivity contribution is 5.93. The zero-order valence-corrected chi connectivity index (χ0v) is 14.2. The normalized spacial score (nSPS) is 23.8. The SMILES string of the molecule is CC(=O)c1ccc(CN2CCCC[C@H]2CN2CCOCC2)cc1. The Labute approximate surface area is 139 Å². The fourth-order valence-electron chi connectivity index (χ4n) is 3.64. The predicted molar refractivity (Wildman–Crippen MR) is 91.8 cm³/mol. The average Bonchev–Trinajstić information content (AvgIpc) is 2.58. The molecule has 2 fully saturated rings. The van der Waals surface area contributed by atoms with E-state index in [0.717, 1.165) is 45.0 Å². The van der Waals surface area contributed by atoms with Gasteiger partial charge in [-0.2, -0.15) is 0 Å². The van der Waals surface area contributed by atoms with E-state index in [0.29, 0.717) is 6.04 Å². The molecule has 3 rings (SSSR count). The van der Waals surface area contributed by atoms with Crippen LogP contribution < -0.4 is 0 Å². The van der Waals surface area contributed by atoms with Crippen molar-refractivity contribution in [2.75, 3.05) is 39.4 Å². The molecular formula is C19H28N2O2. The lowest BCUT2D eigenvalue weighted by atomic mass is 10.00. The van der Waals surface area contributed by atoms with Gasteiger partial charge in [0.1, 0.15) is 0 Å². The molecule has 23 heavy (non-hydrogen) atoms. The van der Waals surface area contributed by atoms with Gasteiger partial charge in [0.2, 0.25) is 0 Å². The van der Waals surface area contributed by atoms with Gasteiger partial charge in [0.05, 0.1) is 13.2 Å². The number of hydrogen-bond donors (Lipinski definition) is 0. The van der Waals surface area contributed by atoms with Crippen molar-refractivity contribution in [1.29, 1.82) is 0 Å². The predicted octanol–water partition coefficient (Wildman–Crippen LogP) is 2.58. The van der Waals surface area contributed by atoms with Crippen LogP contribution in [0.1, 0.15) is 42.1 Å². The molecule has 0 radical (unpaired) electrons. The molecular weight excluding hydrogens is 288 g/mol. The number of carbonyl (C=O) groups is 1. The topological polar surface area (TPSA) is 32.8 Å². The third-order valence-electron chi connectivity index (χ3n) is 5.07. The van der Waals surface area contributed by atoms with Crippen LogP contribution in [0.15, 0.2) is 24.3 Å². The Balaban J connectivity index is 1.60. The number of rotatable bonds is 5. The number of hydrogen-bond acceptors (Lipinski definition) is 4. The van der Waals surface area contributed by atoms with Gasteiger partial charge in [-0.05, 0) is 31.9 Å². The Morgan fingerprint density at radius 2 is 1.87 bits per heavy atom. The molecule has 1 atom stereocenters. The molecule has 0 N–H and O–H groups in total. The molecule has 2 saturated heterocycles. The van der Waals surface area contributed by atoms with Crippen LogP contribution >= 0.6 is 0 Å². The molecule has 0 spiro atoms. The first-order valence-corrected chi connectivity index (χ1v) is 8.86. The summed E-state index contributed by atoms with van der Waals surface area (Å²) < 4.78 is 5.46. The van der Waals surface area contributed by atoms with Crippen LogP contribution in [0.5, 0.6) is 0 Å². The maximum atomic E-state index is 11.4. The van der Waals surface area contributed by atoms with E-state index in [-0.39, 0.29) is 5.78 Å². The zero-order valence-electron chi connectivity index (χ0n) is 14.2. The highest BCUT2D eigenvalue weighted by atomic mass is 16.5. The second kappa shape index (κ2) is 8.04. The van der Waals surface area contributed by atoms with Gasteiger partial charge in [-0.1, -0.05) is 30.7 Å². The lowest BCUT2D eigenvalue weighted by molar-refractivity contribution is 0.0153. The summed E-state index contributed by atoms with van der Waals surface area (Å²) in [5, 5.41) is 0. The van der Waals surface area contributed by atoms with Gasteiger partial charge in [-0.25, -0.2) is 0 Å². The molecule has 0 bridgehead atoms. The molecule has 4 heteroatoms. The quantitative estimate of drug-likeness (QED) is 0.782. The van der Waals surface area contributed by atoms with Crippen molar-refractivity contribution >= 4 is 5.78 Å². The minimum atomic E-state index is 0.139. The Kier molecular flexibility index (Phi) is 5.81. The number of carbonyl (C=O) groups excluding carboxylic acids is 1. The first-order chi connectivity index (χ1) is 11.2. The van der Waals surface area contributed by atoms with Crippen molar-refractivity contribution < 1.29 is 9.53 Å². The van der Waals surface area contributed by atoms with Crippen molar-refractivity contribution in [2.24, 2.45) is 0 Å². The fourth-order valence-corrected chi connectivity index (χ4v) is 3.64. The number of Topliss-reactive ketones (excluding diaryl/α,β-unsaturated/α-hetero) is 1. The summed E-state index contributed by atoms with van der Waals surface area (Å²) >= 11 is 0. The molecule has 0 aromatic heterocycles. The molecule has 2 heterocycles. The largest absolute Gasteiger partial charge is 0.379 e. The standard InChI is InChI=1S/C19H28N2O2/c1-16(22)18-7-5-17(6-8-18)14-21-9-3-2-4-19(21)15-20-10-12-23-13-11-20/h5-8,19H,2-4,9-15H2,1H3/t19-/m0/s1. The van der Waals surface area contributed by atoms with Crippen LogP contribution in [0.4, 0.5) is 0 Å². The molecule has 126 valence electrons. The molecule has 0 saturated carbocycles. The average molecular weight is 316 g/mol. The molecule has 1 aromatic rings. The van der Waals surface area contributed by atoms with Crippen molar-refractivity contribution in [3.63, 3.8) is 0 Å². The van der Waals surface area contributed by atoms with E-state index in [4.69, 9.17) is 4.74 Å². The smallest absolute Gasteiger partial charge is 0.159 e. The Morgan fingerprint density at radius 1 is 1.13 bits per heavy atom. The zero-order chi connectivity index (χ0) is 16.1. The second-order valence-corrected chi connectivity index (χ2v) is 6.79. The van der Waals surface area contributed by atoms with E-state index in [1.54, 1.807) is 6.92 Å². The Bertz CT molecular complexity index is 509. The van der Waals surface area contributed by atoms with E-state index < -0.39 is 0 Å². The first-order valence-electron chi connectivity index (χ1n) is 8.86. The van der Waals surface area contributed by atoms with Gasteiger partial charge in [0.25, 0.3) is 0 Å². The molecule has 1 aromatic carbocycles. The van der Waals surface area contributed by atoms with E-state index >= 15 is 0 Å². The summed E-state index contributed by atoms with van der Waals surface area (Å²) in [4.78, 5) is 16.6. The second-order valence-electron chi connectivity index (χ2n) is 6.79. The highest BCUT2D eigenvalue weighted by Gasteiger charge is 2.25. The summed E-state index contributed by atoms with van der Waals surface area (Å²) in [6.07, 6.45) is 3.93. The van der Waals surface area contributed by atoms with E-state index in [9.17, 15) is 4.79 Å². The van der Waals surface area contributed by atoms with Gasteiger partial charge in [0.15, 0.2) is 5.78 Å². The number of benzene rings is 1. The number of piperidine rings is 1. The molecule has 0 unspecified atom stereocenters. The minimum Gasteiger partial charge on any atom is -0.379 e. The molecule has 2 aliphatic heterocycles. The number of morpholine rings is 1. The van der Waals surface area contributed by atoms with Gasteiger partial charge in [0, 0.05) is 37.8 Å². The van der Waals surface area contributed by atoms with Gasteiger partial charge >= 0.3 is 0 Å². The van der Waals surface area contributed by atoms with Crippen LogP contribution in [0.2, 0.25) is 0 Å². The van der Waals surface area contributed by atoms with Crippen molar-refractivity contribution in [1.82, 2.24) is 9.80 Å². The summed E-state index contributed by atoms with van der Waals surface area (Å²) in [5.41, 5.74) is 2.11. The number of likely N-dealkylation sites (tertiary alicyclic amines) is 1. The monoisotopic (exact) mass is 316 g/mol. The third kappa shape index (κ3) is 4.63. The molecule has 2 aliphatic rings. The lowest BCUT2D eigenvalue weighted by Gasteiger charge is -2.39. The maximum absolute atomic E-state index is 11.4. The van der Waals surface area contributed by atoms with Gasteiger partial charge in [-0.3, -0.25) is 14.6 Å². The first kappa shape index (κ1) is 16.6. The lowest BCUT2D eigenvalue weighted by Crippen LogP contribution is -2.49. The summed E-state index contributed by atoms with van der Waals surface area (Å²) in [7, 11) is 0. The minimum absolute atomic E-state index is 0.139. The maximum Gasteiger partial charge on any atom is 0.159 e.